The summed E-state index contributed by atoms with van der Waals surface area (Å²) in [6.45, 7) is 4.09. The Morgan fingerprint density at radius 1 is 0.933 bits per heavy atom. The predicted molar refractivity (Wildman–Crippen MR) is 118 cm³/mol. The van der Waals surface area contributed by atoms with Gasteiger partial charge >= 0.3 is 19.1 Å². The normalized spacial score (nSPS) is 9.53. The van der Waals surface area contributed by atoms with E-state index in [9.17, 15) is 9.59 Å². The Morgan fingerprint density at radius 2 is 1.50 bits per heavy atom. The molecule has 0 amide bonds. The Kier molecular flexibility index (Phi) is 12.1. The summed E-state index contributed by atoms with van der Waals surface area (Å²) in [5, 5.41) is 18.1. The van der Waals surface area contributed by atoms with E-state index in [1.807, 2.05) is 0 Å². The Labute approximate surface area is 185 Å². The lowest BCUT2D eigenvalue weighted by Gasteiger charge is -2.08. The monoisotopic (exact) mass is 448 g/mol. The first-order valence-corrected chi connectivity index (χ1v) is 10.2. The zero-order chi connectivity index (χ0) is 22.4. The fourth-order valence-electron chi connectivity index (χ4n) is 2.19. The molecule has 0 fully saturated rings. The fourth-order valence-corrected chi connectivity index (χ4v) is 2.19. The van der Waals surface area contributed by atoms with E-state index in [1.54, 1.807) is 24.3 Å². The molecule has 0 saturated heterocycles. The van der Waals surface area contributed by atoms with Crippen molar-refractivity contribution in [2.75, 3.05) is 13.2 Å². The molecule has 0 unspecified atom stereocenters. The average Bonchev–Trinajstić information content (AvgIpc) is 2.78. The topological polar surface area (TPSA) is 102 Å². The molecule has 2 rings (SSSR count). The summed E-state index contributed by atoms with van der Waals surface area (Å²) in [5.41, 5.74) is 0.662. The molecule has 0 aromatic heterocycles. The van der Waals surface area contributed by atoms with E-state index in [0.717, 1.165) is 6.08 Å². The quantitative estimate of drug-likeness (QED) is 0.184. The van der Waals surface area contributed by atoms with Crippen molar-refractivity contribution >= 4 is 46.9 Å². The molecule has 30 heavy (non-hydrogen) atoms. The van der Waals surface area contributed by atoms with Crippen LogP contribution in [-0.2, 0) is 31.9 Å². The third-order valence-corrected chi connectivity index (χ3v) is 3.70. The van der Waals surface area contributed by atoms with Crippen LogP contribution in [0.1, 0.15) is 23.2 Å². The number of unbranched alkanes of at least 4 members (excludes halogenated alkanes) is 1. The largest absolute Gasteiger partial charge is 0.494 e. The summed E-state index contributed by atoms with van der Waals surface area (Å²) in [5.74, 6) is -0.0639. The van der Waals surface area contributed by atoms with Gasteiger partial charge in [0.15, 0.2) is 0 Å². The molecule has 0 aliphatic heterocycles. The summed E-state index contributed by atoms with van der Waals surface area (Å²) in [7, 11) is -1.57. The maximum atomic E-state index is 12.1. The van der Waals surface area contributed by atoms with Gasteiger partial charge in [-0.1, -0.05) is 18.7 Å². The van der Waals surface area contributed by atoms with Crippen molar-refractivity contribution in [1.29, 1.82) is 0 Å². The highest BCUT2D eigenvalue weighted by molar-refractivity contribution is 8.07. The molecule has 7 nitrogen and oxygen atoms in total. The van der Waals surface area contributed by atoms with E-state index < -0.39 is 19.1 Å². The minimum Gasteiger partial charge on any atom is -0.494 e. The van der Waals surface area contributed by atoms with Gasteiger partial charge in [0.25, 0.3) is 0 Å². The molecular weight excluding hydrogens is 427 g/mol. The summed E-state index contributed by atoms with van der Waals surface area (Å²) in [6.07, 6.45) is 2.51. The zero-order valence-electron chi connectivity index (χ0n) is 16.1. The van der Waals surface area contributed by atoms with Gasteiger partial charge in [0.05, 0.1) is 18.8 Å². The maximum Gasteiger partial charge on any atom is 0.488 e. The van der Waals surface area contributed by atoms with Crippen LogP contribution in [0.4, 0.5) is 0 Å². The van der Waals surface area contributed by atoms with Gasteiger partial charge in [-0.15, -0.1) is 0 Å². The Hall–Kier alpha value is -2.66. The SMILES string of the molecule is C=CC(=O)OCCCCOc1ccc(C(=O)Oc2ccc(B(O)O)cc2)cc1.S=S. The Bertz CT molecular complexity index is 811. The third kappa shape index (κ3) is 9.23. The second-order valence-electron chi connectivity index (χ2n) is 5.78. The number of benzene rings is 2. The second kappa shape index (κ2) is 14.3. The molecule has 0 radical (unpaired) electrons. The van der Waals surface area contributed by atoms with Crippen LogP contribution in [0.5, 0.6) is 11.5 Å². The minimum atomic E-state index is -1.57. The molecule has 2 aromatic carbocycles. The van der Waals surface area contributed by atoms with Crippen LogP contribution in [0, 0.1) is 0 Å². The Morgan fingerprint density at radius 3 is 2.07 bits per heavy atom. The lowest BCUT2D eigenvalue weighted by molar-refractivity contribution is -0.137. The number of carbonyl (C=O) groups is 2. The van der Waals surface area contributed by atoms with Crippen molar-refractivity contribution in [2.45, 2.75) is 12.8 Å². The summed E-state index contributed by atoms with van der Waals surface area (Å²) < 4.78 is 15.7. The van der Waals surface area contributed by atoms with Crippen LogP contribution in [-0.4, -0.2) is 42.3 Å². The summed E-state index contributed by atoms with van der Waals surface area (Å²) >= 11 is 7.33. The number of hydrogen-bond donors (Lipinski definition) is 2. The lowest BCUT2D eigenvalue weighted by atomic mass is 9.80. The van der Waals surface area contributed by atoms with Gasteiger partial charge in [-0.3, -0.25) is 0 Å². The predicted octanol–water partition coefficient (Wildman–Crippen LogP) is 1.47. The van der Waals surface area contributed by atoms with E-state index in [-0.39, 0.29) is 0 Å². The Balaban J connectivity index is 0.00000218. The van der Waals surface area contributed by atoms with Gasteiger partial charge in [-0.25, -0.2) is 9.59 Å². The number of rotatable bonds is 10. The van der Waals surface area contributed by atoms with E-state index in [1.165, 1.54) is 24.3 Å². The summed E-state index contributed by atoms with van der Waals surface area (Å²) in [4.78, 5) is 23.0. The van der Waals surface area contributed by atoms with Crippen LogP contribution in [0.3, 0.4) is 0 Å². The van der Waals surface area contributed by atoms with Crippen molar-refractivity contribution in [3.05, 3.63) is 66.7 Å². The highest BCUT2D eigenvalue weighted by atomic mass is 32.8. The number of carbonyl (C=O) groups excluding carboxylic acids is 2. The van der Waals surface area contributed by atoms with Crippen molar-refractivity contribution in [1.82, 2.24) is 0 Å². The van der Waals surface area contributed by atoms with Crippen LogP contribution in [0.15, 0.2) is 61.2 Å². The van der Waals surface area contributed by atoms with Gasteiger partial charge in [-0.05, 0) is 54.7 Å². The smallest absolute Gasteiger partial charge is 0.488 e. The molecule has 0 spiro atoms. The molecule has 0 saturated carbocycles. The molecule has 10 heteroatoms. The molecular formula is C20H21BO7S2. The molecule has 2 aromatic rings. The third-order valence-electron chi connectivity index (χ3n) is 3.70. The fraction of sp³-hybridized carbons (Fsp3) is 0.200. The molecule has 2 N–H and O–H groups in total. The minimum absolute atomic E-state index is 0.298. The van der Waals surface area contributed by atoms with Crippen LogP contribution < -0.4 is 14.9 Å². The van der Waals surface area contributed by atoms with Crippen molar-refractivity contribution < 1.29 is 33.8 Å². The molecule has 0 aliphatic carbocycles. The van der Waals surface area contributed by atoms with Crippen LogP contribution in [0.25, 0.3) is 0 Å². The maximum absolute atomic E-state index is 12.1. The highest BCUT2D eigenvalue weighted by Crippen LogP contribution is 2.15. The van der Waals surface area contributed by atoms with Gasteiger partial charge in [0.1, 0.15) is 11.5 Å². The molecule has 0 bridgehead atoms. The first kappa shape index (κ1) is 25.4. The first-order chi connectivity index (χ1) is 14.5. The number of esters is 2. The van der Waals surface area contributed by atoms with Crippen molar-refractivity contribution in [3.8, 4) is 11.5 Å². The van der Waals surface area contributed by atoms with Crippen LogP contribution >= 0.6 is 0 Å². The van der Waals surface area contributed by atoms with E-state index in [4.69, 9.17) is 24.3 Å². The van der Waals surface area contributed by atoms with Gasteiger partial charge < -0.3 is 24.3 Å². The highest BCUT2D eigenvalue weighted by Gasteiger charge is 2.12. The van der Waals surface area contributed by atoms with Gasteiger partial charge in [0.2, 0.25) is 0 Å². The number of ether oxygens (including phenoxy) is 3. The second-order valence-corrected chi connectivity index (χ2v) is 5.78. The summed E-state index contributed by atoms with van der Waals surface area (Å²) in [6, 6.07) is 12.4. The molecule has 0 aliphatic rings. The molecule has 0 atom stereocenters. The average molecular weight is 448 g/mol. The van der Waals surface area contributed by atoms with E-state index in [2.05, 4.69) is 29.0 Å². The molecule has 0 heterocycles. The first-order valence-electron chi connectivity index (χ1n) is 8.86. The van der Waals surface area contributed by atoms with E-state index in [0.29, 0.717) is 48.6 Å². The van der Waals surface area contributed by atoms with Crippen molar-refractivity contribution in [3.63, 3.8) is 0 Å². The molecule has 158 valence electrons. The zero-order valence-corrected chi connectivity index (χ0v) is 17.7. The van der Waals surface area contributed by atoms with Gasteiger partial charge in [0, 0.05) is 28.5 Å². The van der Waals surface area contributed by atoms with E-state index >= 15 is 0 Å². The number of hydrogen-bond acceptors (Lipinski definition) is 9. The lowest BCUT2D eigenvalue weighted by Crippen LogP contribution is -2.29. The standard InChI is InChI=1S/C20H21BO7.S2/c1-2-19(22)27-14-4-3-13-26-17-9-5-15(6-10-17)20(23)28-18-11-7-16(8-12-18)21(24)25;1-2/h2,5-12,24-25H,1,3-4,13-14H2;. The van der Waals surface area contributed by atoms with Crippen LogP contribution in [0.2, 0.25) is 0 Å². The van der Waals surface area contributed by atoms with Crippen molar-refractivity contribution in [2.24, 2.45) is 0 Å². The van der Waals surface area contributed by atoms with Gasteiger partial charge in [-0.2, -0.15) is 0 Å².